The molecule has 0 spiro atoms. The van der Waals surface area contributed by atoms with Crippen LogP contribution in [0.2, 0.25) is 0 Å². The van der Waals surface area contributed by atoms with E-state index >= 15 is 0 Å². The van der Waals surface area contributed by atoms with Crippen LogP contribution in [-0.2, 0) is 10.0 Å². The first-order valence-electron chi connectivity index (χ1n) is 7.08. The molecule has 1 heterocycles. The number of halogens is 1. The van der Waals surface area contributed by atoms with Crippen molar-refractivity contribution in [3.05, 3.63) is 22.7 Å². The Hall–Kier alpha value is -0.630. The molecular formula is C14H22BrN3O2S. The van der Waals surface area contributed by atoms with Crippen LogP contribution in [0.1, 0.15) is 13.8 Å². The first-order chi connectivity index (χ1) is 9.80. The first kappa shape index (κ1) is 16.7. The summed E-state index contributed by atoms with van der Waals surface area (Å²) in [6.45, 7) is 7.99. The molecule has 0 unspecified atom stereocenters. The Morgan fingerprint density at radius 1 is 1.24 bits per heavy atom. The zero-order valence-corrected chi connectivity index (χ0v) is 14.8. The molecular weight excluding hydrogens is 354 g/mol. The third kappa shape index (κ3) is 3.97. The van der Waals surface area contributed by atoms with Crippen LogP contribution in [0.15, 0.2) is 27.6 Å². The van der Waals surface area contributed by atoms with E-state index in [-0.39, 0.29) is 4.90 Å². The molecule has 0 aliphatic carbocycles. The van der Waals surface area contributed by atoms with Crippen molar-refractivity contribution >= 4 is 31.6 Å². The smallest absolute Gasteiger partial charge is 0.244 e. The van der Waals surface area contributed by atoms with E-state index in [9.17, 15) is 8.42 Å². The van der Waals surface area contributed by atoms with Gasteiger partial charge in [-0.3, -0.25) is 0 Å². The van der Waals surface area contributed by atoms with Crippen molar-refractivity contribution in [2.45, 2.75) is 18.7 Å². The van der Waals surface area contributed by atoms with Crippen LogP contribution in [0.3, 0.4) is 0 Å². The van der Waals surface area contributed by atoms with Gasteiger partial charge in [0.05, 0.1) is 4.90 Å². The minimum absolute atomic E-state index is 0.286. The number of sulfonamides is 1. The van der Waals surface area contributed by atoms with Crippen LogP contribution < -0.4 is 5.73 Å². The van der Waals surface area contributed by atoms with Gasteiger partial charge in [-0.2, -0.15) is 4.31 Å². The summed E-state index contributed by atoms with van der Waals surface area (Å²) in [4.78, 5) is 2.60. The van der Waals surface area contributed by atoms with Gasteiger partial charge in [0.1, 0.15) is 0 Å². The SMILES string of the molecule is CC(C)CN1CCN(S(=O)(=O)c2ccc(N)cc2Br)CC1. The normalized spacial score (nSPS) is 18.3. The molecule has 0 amide bonds. The van der Waals surface area contributed by atoms with Crippen LogP contribution in [0.4, 0.5) is 5.69 Å². The van der Waals surface area contributed by atoms with E-state index in [4.69, 9.17) is 5.73 Å². The van der Waals surface area contributed by atoms with Crippen molar-refractivity contribution in [2.24, 2.45) is 5.92 Å². The Labute approximate surface area is 135 Å². The summed E-state index contributed by atoms with van der Waals surface area (Å²) < 4.78 is 27.4. The van der Waals surface area contributed by atoms with Crippen LogP contribution in [0.25, 0.3) is 0 Å². The highest BCUT2D eigenvalue weighted by Gasteiger charge is 2.29. The Balaban J connectivity index is 2.11. The summed E-state index contributed by atoms with van der Waals surface area (Å²) in [5.74, 6) is 0.597. The second-order valence-corrected chi connectivity index (χ2v) is 8.55. The molecule has 1 saturated heterocycles. The van der Waals surface area contributed by atoms with Crippen molar-refractivity contribution in [1.82, 2.24) is 9.21 Å². The predicted octanol–water partition coefficient (Wildman–Crippen LogP) is 1.99. The maximum absolute atomic E-state index is 12.7. The lowest BCUT2D eigenvalue weighted by Crippen LogP contribution is -2.49. The fourth-order valence-electron chi connectivity index (χ4n) is 2.53. The molecule has 2 N–H and O–H groups in total. The summed E-state index contributed by atoms with van der Waals surface area (Å²) in [7, 11) is -3.46. The van der Waals surface area contributed by atoms with Gasteiger partial charge < -0.3 is 10.6 Å². The zero-order chi connectivity index (χ0) is 15.6. The van der Waals surface area contributed by atoms with Gasteiger partial charge in [-0.25, -0.2) is 8.42 Å². The molecule has 0 saturated carbocycles. The highest BCUT2D eigenvalue weighted by atomic mass is 79.9. The fourth-order valence-corrected chi connectivity index (χ4v) is 5.01. The minimum Gasteiger partial charge on any atom is -0.399 e. The lowest BCUT2D eigenvalue weighted by Gasteiger charge is -2.34. The van der Waals surface area contributed by atoms with Crippen molar-refractivity contribution in [2.75, 3.05) is 38.5 Å². The lowest BCUT2D eigenvalue weighted by atomic mass is 10.2. The molecule has 1 aromatic rings. The number of hydrogen-bond acceptors (Lipinski definition) is 4. The molecule has 1 aliphatic heterocycles. The van der Waals surface area contributed by atoms with E-state index in [1.807, 2.05) is 0 Å². The minimum atomic E-state index is -3.46. The van der Waals surface area contributed by atoms with Gasteiger partial charge in [0.25, 0.3) is 0 Å². The predicted molar refractivity (Wildman–Crippen MR) is 88.6 cm³/mol. The number of hydrogen-bond donors (Lipinski definition) is 1. The Morgan fingerprint density at radius 2 is 1.86 bits per heavy atom. The van der Waals surface area contributed by atoms with E-state index in [1.54, 1.807) is 22.5 Å². The van der Waals surface area contributed by atoms with Crippen molar-refractivity contribution in [3.63, 3.8) is 0 Å². The van der Waals surface area contributed by atoms with E-state index in [0.29, 0.717) is 29.2 Å². The van der Waals surface area contributed by atoms with Gasteiger partial charge in [-0.05, 0) is 40.0 Å². The topological polar surface area (TPSA) is 66.6 Å². The Kier molecular flexibility index (Phi) is 5.29. The van der Waals surface area contributed by atoms with Crippen LogP contribution in [0.5, 0.6) is 0 Å². The van der Waals surface area contributed by atoms with Gasteiger partial charge >= 0.3 is 0 Å². The average Bonchev–Trinajstić information content (AvgIpc) is 2.38. The number of nitrogens with two attached hydrogens (primary N) is 1. The van der Waals surface area contributed by atoms with E-state index in [1.165, 1.54) is 0 Å². The number of rotatable bonds is 4. The monoisotopic (exact) mass is 375 g/mol. The fraction of sp³-hybridized carbons (Fsp3) is 0.571. The molecule has 0 bridgehead atoms. The lowest BCUT2D eigenvalue weighted by molar-refractivity contribution is 0.172. The molecule has 1 fully saturated rings. The quantitative estimate of drug-likeness (QED) is 0.817. The number of benzene rings is 1. The van der Waals surface area contributed by atoms with Gasteiger partial charge in [0.2, 0.25) is 10.0 Å². The van der Waals surface area contributed by atoms with Crippen molar-refractivity contribution in [1.29, 1.82) is 0 Å². The van der Waals surface area contributed by atoms with Crippen molar-refractivity contribution in [3.8, 4) is 0 Å². The van der Waals surface area contributed by atoms with Gasteiger partial charge in [-0.1, -0.05) is 13.8 Å². The molecule has 5 nitrogen and oxygen atoms in total. The molecule has 118 valence electrons. The second-order valence-electron chi connectivity index (χ2n) is 5.79. The molecule has 0 aromatic heterocycles. The largest absolute Gasteiger partial charge is 0.399 e. The van der Waals surface area contributed by atoms with Crippen LogP contribution >= 0.6 is 15.9 Å². The highest BCUT2D eigenvalue weighted by molar-refractivity contribution is 9.10. The first-order valence-corrected chi connectivity index (χ1v) is 9.31. The second kappa shape index (κ2) is 6.64. The number of nitrogen functional groups attached to an aromatic ring is 1. The van der Waals surface area contributed by atoms with Gasteiger partial charge in [0.15, 0.2) is 0 Å². The van der Waals surface area contributed by atoms with Gasteiger partial charge in [-0.15, -0.1) is 0 Å². The Morgan fingerprint density at radius 3 is 2.38 bits per heavy atom. The highest BCUT2D eigenvalue weighted by Crippen LogP contribution is 2.27. The van der Waals surface area contributed by atoms with Crippen LogP contribution in [-0.4, -0.2) is 50.3 Å². The summed E-state index contributed by atoms with van der Waals surface area (Å²) >= 11 is 3.30. The molecule has 7 heteroatoms. The number of anilines is 1. The number of piperazine rings is 1. The maximum Gasteiger partial charge on any atom is 0.244 e. The molecule has 1 aromatic carbocycles. The molecule has 2 rings (SSSR count). The zero-order valence-electron chi connectivity index (χ0n) is 12.4. The third-order valence-corrected chi connectivity index (χ3v) is 6.40. The van der Waals surface area contributed by atoms with E-state index < -0.39 is 10.0 Å². The van der Waals surface area contributed by atoms with Crippen LogP contribution in [0, 0.1) is 5.92 Å². The van der Waals surface area contributed by atoms with Gasteiger partial charge in [0, 0.05) is 42.9 Å². The van der Waals surface area contributed by atoms with E-state index in [0.717, 1.165) is 19.6 Å². The molecule has 21 heavy (non-hydrogen) atoms. The molecule has 0 radical (unpaired) electrons. The standard InChI is InChI=1S/C14H22BrN3O2S/c1-11(2)10-17-5-7-18(8-6-17)21(19,20)14-4-3-12(16)9-13(14)15/h3-4,9,11H,5-8,10,16H2,1-2H3. The summed E-state index contributed by atoms with van der Waals surface area (Å²) in [5, 5.41) is 0. The summed E-state index contributed by atoms with van der Waals surface area (Å²) in [6.07, 6.45) is 0. The summed E-state index contributed by atoms with van der Waals surface area (Å²) in [6, 6.07) is 4.81. The average molecular weight is 376 g/mol. The maximum atomic E-state index is 12.7. The third-order valence-electron chi connectivity index (χ3n) is 3.53. The summed E-state index contributed by atoms with van der Waals surface area (Å²) in [5.41, 5.74) is 6.21. The van der Waals surface area contributed by atoms with E-state index in [2.05, 4.69) is 34.7 Å². The Bertz CT molecular complexity index is 596. The van der Waals surface area contributed by atoms with Crippen molar-refractivity contribution < 1.29 is 8.42 Å². The molecule has 0 atom stereocenters. The number of nitrogens with zero attached hydrogens (tertiary/aromatic N) is 2. The molecule has 1 aliphatic rings.